The molecule has 3 rings (SSSR count). The van der Waals surface area contributed by atoms with Gasteiger partial charge in [0.25, 0.3) is 0 Å². The van der Waals surface area contributed by atoms with Gasteiger partial charge in [0.1, 0.15) is 5.82 Å². The van der Waals surface area contributed by atoms with Crippen LogP contribution in [0.25, 0.3) is 0 Å². The summed E-state index contributed by atoms with van der Waals surface area (Å²) in [6.07, 6.45) is 1.97. The molecule has 0 saturated carbocycles. The highest BCUT2D eigenvalue weighted by Gasteiger charge is 2.29. The molecule has 1 aliphatic carbocycles. The fourth-order valence-electron chi connectivity index (χ4n) is 3.04. The molecule has 2 unspecified atom stereocenters. The first-order chi connectivity index (χ1) is 9.69. The molecule has 1 N–H and O–H groups in total. The van der Waals surface area contributed by atoms with Crippen molar-refractivity contribution in [2.75, 3.05) is 7.05 Å². The summed E-state index contributed by atoms with van der Waals surface area (Å²) in [6.45, 7) is 0. The van der Waals surface area contributed by atoms with Gasteiger partial charge < -0.3 is 5.32 Å². The lowest BCUT2D eigenvalue weighted by molar-refractivity contribution is 0.437. The average molecular weight is 290 g/mol. The molecule has 104 valence electrons. The van der Waals surface area contributed by atoms with Gasteiger partial charge in [0.15, 0.2) is 0 Å². The molecule has 0 heterocycles. The van der Waals surface area contributed by atoms with E-state index in [4.69, 9.17) is 11.6 Å². The molecule has 0 fully saturated rings. The quantitative estimate of drug-likeness (QED) is 0.876. The maximum absolute atomic E-state index is 14.0. The van der Waals surface area contributed by atoms with Gasteiger partial charge in [-0.25, -0.2) is 4.39 Å². The molecule has 0 saturated heterocycles. The van der Waals surface area contributed by atoms with E-state index in [9.17, 15) is 4.39 Å². The summed E-state index contributed by atoms with van der Waals surface area (Å²) in [6, 6.07) is 13.2. The minimum atomic E-state index is -0.193. The summed E-state index contributed by atoms with van der Waals surface area (Å²) in [7, 11) is 1.87. The number of rotatable bonds is 4. The molecule has 0 amide bonds. The number of hydrogen-bond acceptors (Lipinski definition) is 1. The van der Waals surface area contributed by atoms with Crippen LogP contribution in [0.4, 0.5) is 4.39 Å². The molecule has 0 aromatic heterocycles. The van der Waals surface area contributed by atoms with E-state index in [0.29, 0.717) is 16.5 Å². The van der Waals surface area contributed by atoms with Gasteiger partial charge in [-0.1, -0.05) is 35.9 Å². The number of nitrogens with one attached hydrogen (secondary N) is 1. The summed E-state index contributed by atoms with van der Waals surface area (Å²) < 4.78 is 14.0. The van der Waals surface area contributed by atoms with Crippen LogP contribution in [-0.4, -0.2) is 7.05 Å². The van der Waals surface area contributed by atoms with Crippen LogP contribution in [-0.2, 0) is 6.42 Å². The van der Waals surface area contributed by atoms with Crippen molar-refractivity contribution in [3.05, 3.63) is 70.0 Å². The van der Waals surface area contributed by atoms with E-state index in [1.165, 1.54) is 17.2 Å². The van der Waals surface area contributed by atoms with Crippen molar-refractivity contribution in [2.24, 2.45) is 0 Å². The molecule has 20 heavy (non-hydrogen) atoms. The monoisotopic (exact) mass is 289 g/mol. The molecule has 0 spiro atoms. The van der Waals surface area contributed by atoms with Crippen molar-refractivity contribution >= 4 is 11.6 Å². The van der Waals surface area contributed by atoms with E-state index in [1.807, 2.05) is 7.05 Å². The lowest BCUT2D eigenvalue weighted by atomic mass is 9.74. The summed E-state index contributed by atoms with van der Waals surface area (Å²) in [5.41, 5.74) is 3.47. The minimum absolute atomic E-state index is 0.00736. The Morgan fingerprint density at radius 1 is 1.30 bits per heavy atom. The van der Waals surface area contributed by atoms with E-state index in [2.05, 4.69) is 29.6 Å². The summed E-state index contributed by atoms with van der Waals surface area (Å²) >= 11 is 5.99. The maximum Gasteiger partial charge on any atom is 0.128 e. The molecule has 0 aliphatic heterocycles. The Kier molecular flexibility index (Phi) is 3.77. The number of hydrogen-bond donors (Lipinski definition) is 1. The second-order valence-electron chi connectivity index (χ2n) is 5.34. The van der Waals surface area contributed by atoms with Crippen LogP contribution in [0, 0.1) is 5.82 Å². The minimum Gasteiger partial charge on any atom is -0.313 e. The normalized spacial score (nSPS) is 18.2. The Bertz CT molecular complexity index is 626. The van der Waals surface area contributed by atoms with Gasteiger partial charge in [-0.3, -0.25) is 0 Å². The second-order valence-corrected chi connectivity index (χ2v) is 5.78. The molecule has 3 heteroatoms. The van der Waals surface area contributed by atoms with Gasteiger partial charge in [0.05, 0.1) is 0 Å². The number of benzene rings is 2. The molecular formula is C17H17ClFN. The first kappa shape index (κ1) is 13.6. The Morgan fingerprint density at radius 2 is 2.10 bits per heavy atom. The third kappa shape index (κ3) is 2.46. The molecule has 2 aromatic rings. The Hall–Kier alpha value is -1.38. The number of fused-ring (bicyclic) bond motifs is 1. The summed E-state index contributed by atoms with van der Waals surface area (Å²) in [5.74, 6) is 0.309. The topological polar surface area (TPSA) is 12.0 Å². The predicted octanol–water partition coefficient (Wildman–Crippen LogP) is 4.47. The Balaban J connectivity index is 1.80. The van der Waals surface area contributed by atoms with E-state index in [1.54, 1.807) is 12.1 Å². The Labute approximate surface area is 123 Å². The molecule has 0 bridgehead atoms. The number of halogens is 2. The van der Waals surface area contributed by atoms with Crippen LogP contribution in [0.15, 0.2) is 42.5 Å². The van der Waals surface area contributed by atoms with Gasteiger partial charge >= 0.3 is 0 Å². The largest absolute Gasteiger partial charge is 0.313 e. The zero-order chi connectivity index (χ0) is 14.1. The fraction of sp³-hybridized carbons (Fsp3) is 0.294. The van der Waals surface area contributed by atoms with Crippen LogP contribution < -0.4 is 5.32 Å². The second kappa shape index (κ2) is 5.55. The third-order valence-electron chi connectivity index (χ3n) is 4.16. The summed E-state index contributed by atoms with van der Waals surface area (Å²) in [5, 5.41) is 3.80. The molecule has 1 nitrogen and oxygen atoms in total. The first-order valence-electron chi connectivity index (χ1n) is 6.89. The van der Waals surface area contributed by atoms with Crippen LogP contribution in [0.2, 0.25) is 5.02 Å². The van der Waals surface area contributed by atoms with E-state index in [-0.39, 0.29) is 11.9 Å². The Morgan fingerprint density at radius 3 is 2.85 bits per heavy atom. The smallest absolute Gasteiger partial charge is 0.128 e. The standard InChI is InChI=1S/C17H17ClFN/c1-20-17(15-10-13(18)6-7-16(15)19)9-12-8-11-4-2-3-5-14(11)12/h2-7,10,12,17,20H,8-9H2,1H3. The molecular weight excluding hydrogens is 273 g/mol. The average Bonchev–Trinajstić information content (AvgIpc) is 2.43. The van der Waals surface area contributed by atoms with Crippen molar-refractivity contribution < 1.29 is 4.39 Å². The van der Waals surface area contributed by atoms with Gasteiger partial charge in [-0.15, -0.1) is 0 Å². The van der Waals surface area contributed by atoms with Crippen molar-refractivity contribution in [1.29, 1.82) is 0 Å². The summed E-state index contributed by atoms with van der Waals surface area (Å²) in [4.78, 5) is 0. The van der Waals surface area contributed by atoms with Crippen LogP contribution >= 0.6 is 11.6 Å². The third-order valence-corrected chi connectivity index (χ3v) is 4.40. The van der Waals surface area contributed by atoms with Crippen molar-refractivity contribution in [2.45, 2.75) is 24.8 Å². The van der Waals surface area contributed by atoms with E-state index < -0.39 is 0 Å². The highest BCUT2D eigenvalue weighted by atomic mass is 35.5. The van der Waals surface area contributed by atoms with Gasteiger partial charge in [-0.05, 0) is 55.1 Å². The van der Waals surface area contributed by atoms with Gasteiger partial charge in [0.2, 0.25) is 0 Å². The molecule has 2 aromatic carbocycles. The van der Waals surface area contributed by atoms with Gasteiger partial charge in [-0.2, -0.15) is 0 Å². The SMILES string of the molecule is CNC(CC1Cc2ccccc21)c1cc(Cl)ccc1F. The predicted molar refractivity (Wildman–Crippen MR) is 80.7 cm³/mol. The highest BCUT2D eigenvalue weighted by Crippen LogP contribution is 2.41. The van der Waals surface area contributed by atoms with E-state index in [0.717, 1.165) is 12.8 Å². The van der Waals surface area contributed by atoms with Gasteiger partial charge in [0, 0.05) is 16.6 Å². The lowest BCUT2D eigenvalue weighted by Gasteiger charge is -2.33. The zero-order valence-corrected chi connectivity index (χ0v) is 12.1. The van der Waals surface area contributed by atoms with Crippen LogP contribution in [0.1, 0.15) is 35.1 Å². The lowest BCUT2D eigenvalue weighted by Crippen LogP contribution is -2.25. The first-order valence-corrected chi connectivity index (χ1v) is 7.27. The van der Waals surface area contributed by atoms with Crippen LogP contribution in [0.3, 0.4) is 0 Å². The maximum atomic E-state index is 14.0. The highest BCUT2D eigenvalue weighted by molar-refractivity contribution is 6.30. The fourth-order valence-corrected chi connectivity index (χ4v) is 3.22. The zero-order valence-electron chi connectivity index (χ0n) is 11.4. The molecule has 0 radical (unpaired) electrons. The van der Waals surface area contributed by atoms with Crippen LogP contribution in [0.5, 0.6) is 0 Å². The van der Waals surface area contributed by atoms with Crippen molar-refractivity contribution in [1.82, 2.24) is 5.32 Å². The van der Waals surface area contributed by atoms with Crippen molar-refractivity contribution in [3.8, 4) is 0 Å². The van der Waals surface area contributed by atoms with E-state index >= 15 is 0 Å². The molecule has 2 atom stereocenters. The van der Waals surface area contributed by atoms with Crippen molar-refractivity contribution in [3.63, 3.8) is 0 Å². The molecule has 1 aliphatic rings.